The SMILES string of the molecule is C=CCNC(=O)[C@H](C)OC(=O)c1cc(-c2ccc(C)o2)nc2ccccc12. The maximum Gasteiger partial charge on any atom is 0.339 e. The maximum absolute atomic E-state index is 12.8. The van der Waals surface area contributed by atoms with Crippen molar-refractivity contribution < 1.29 is 18.7 Å². The molecule has 138 valence electrons. The molecule has 1 N–H and O–H groups in total. The van der Waals surface area contributed by atoms with Crippen molar-refractivity contribution in [2.24, 2.45) is 0 Å². The zero-order valence-electron chi connectivity index (χ0n) is 15.2. The molecule has 0 bridgehead atoms. The smallest absolute Gasteiger partial charge is 0.339 e. The van der Waals surface area contributed by atoms with Crippen LogP contribution in [0.25, 0.3) is 22.4 Å². The van der Waals surface area contributed by atoms with E-state index in [1.165, 1.54) is 6.92 Å². The molecule has 3 rings (SSSR count). The summed E-state index contributed by atoms with van der Waals surface area (Å²) in [6.07, 6.45) is 0.624. The van der Waals surface area contributed by atoms with Crippen LogP contribution in [0, 0.1) is 6.92 Å². The molecule has 2 aromatic heterocycles. The second-order valence-electron chi connectivity index (χ2n) is 6.06. The lowest BCUT2D eigenvalue weighted by molar-refractivity contribution is -0.128. The molecule has 0 saturated carbocycles. The molecule has 27 heavy (non-hydrogen) atoms. The van der Waals surface area contributed by atoms with E-state index in [0.29, 0.717) is 34.5 Å². The highest BCUT2D eigenvalue weighted by Gasteiger charge is 2.21. The number of fused-ring (bicyclic) bond motifs is 1. The van der Waals surface area contributed by atoms with Gasteiger partial charge in [0, 0.05) is 11.9 Å². The molecular weight excluding hydrogens is 344 g/mol. The number of aromatic nitrogens is 1. The first-order valence-corrected chi connectivity index (χ1v) is 8.55. The molecule has 0 radical (unpaired) electrons. The number of carbonyl (C=O) groups excluding carboxylic acids is 2. The fourth-order valence-corrected chi connectivity index (χ4v) is 2.64. The molecule has 0 aliphatic carbocycles. The van der Waals surface area contributed by atoms with Gasteiger partial charge in [-0.2, -0.15) is 0 Å². The minimum atomic E-state index is -0.932. The van der Waals surface area contributed by atoms with Gasteiger partial charge in [0.25, 0.3) is 5.91 Å². The quantitative estimate of drug-likeness (QED) is 0.533. The first-order valence-electron chi connectivity index (χ1n) is 8.55. The number of furan rings is 1. The molecule has 1 atom stereocenters. The molecule has 1 amide bonds. The summed E-state index contributed by atoms with van der Waals surface area (Å²) >= 11 is 0. The van der Waals surface area contributed by atoms with Crippen LogP contribution < -0.4 is 5.32 Å². The third kappa shape index (κ3) is 4.06. The average molecular weight is 364 g/mol. The van der Waals surface area contributed by atoms with E-state index in [-0.39, 0.29) is 5.91 Å². The Kier molecular flexibility index (Phi) is 5.35. The highest BCUT2D eigenvalue weighted by Crippen LogP contribution is 2.27. The van der Waals surface area contributed by atoms with Gasteiger partial charge in [-0.05, 0) is 38.1 Å². The number of hydrogen-bond acceptors (Lipinski definition) is 5. The fraction of sp³-hybridized carbons (Fsp3) is 0.190. The van der Waals surface area contributed by atoms with Crippen LogP contribution in [-0.4, -0.2) is 29.5 Å². The standard InChI is InChI=1S/C21H20N2O4/c1-4-11-22-20(24)14(3)27-21(25)16-12-18(19-10-9-13(2)26-19)23-17-8-6-5-7-15(16)17/h4-10,12,14H,1,11H2,2-3H3,(H,22,24)/t14-/m0/s1. The van der Waals surface area contributed by atoms with Gasteiger partial charge in [0.15, 0.2) is 11.9 Å². The number of aryl methyl sites for hydroxylation is 1. The Morgan fingerprint density at radius 2 is 2.07 bits per heavy atom. The number of rotatable bonds is 6. The number of carbonyl (C=O) groups is 2. The third-order valence-electron chi connectivity index (χ3n) is 4.00. The molecule has 0 aliphatic heterocycles. The van der Waals surface area contributed by atoms with E-state index in [4.69, 9.17) is 9.15 Å². The lowest BCUT2D eigenvalue weighted by atomic mass is 10.1. The molecule has 0 aliphatic rings. The molecule has 2 heterocycles. The lowest BCUT2D eigenvalue weighted by Crippen LogP contribution is -2.35. The molecule has 6 heteroatoms. The molecule has 0 saturated heterocycles. The maximum atomic E-state index is 12.8. The van der Waals surface area contributed by atoms with Crippen LogP contribution >= 0.6 is 0 Å². The number of para-hydroxylation sites is 1. The van der Waals surface area contributed by atoms with Crippen molar-refractivity contribution in [2.45, 2.75) is 20.0 Å². The number of nitrogens with one attached hydrogen (secondary N) is 1. The van der Waals surface area contributed by atoms with Crippen LogP contribution in [0.5, 0.6) is 0 Å². The van der Waals surface area contributed by atoms with Crippen LogP contribution in [0.15, 0.2) is 59.5 Å². The summed E-state index contributed by atoms with van der Waals surface area (Å²) in [6, 6.07) is 12.5. The van der Waals surface area contributed by atoms with Crippen LogP contribution in [0.4, 0.5) is 0 Å². The van der Waals surface area contributed by atoms with E-state index in [1.807, 2.05) is 31.2 Å². The van der Waals surface area contributed by atoms with Crippen molar-refractivity contribution in [3.63, 3.8) is 0 Å². The second-order valence-corrected chi connectivity index (χ2v) is 6.06. The number of benzene rings is 1. The summed E-state index contributed by atoms with van der Waals surface area (Å²) in [6.45, 7) is 7.20. The largest absolute Gasteiger partial charge is 0.460 e. The second kappa shape index (κ2) is 7.86. The highest BCUT2D eigenvalue weighted by atomic mass is 16.5. The van der Waals surface area contributed by atoms with Gasteiger partial charge in [0.05, 0.1) is 11.1 Å². The molecule has 6 nitrogen and oxygen atoms in total. The van der Waals surface area contributed by atoms with E-state index in [2.05, 4.69) is 16.9 Å². The lowest BCUT2D eigenvalue weighted by Gasteiger charge is -2.14. The van der Waals surface area contributed by atoms with Crippen molar-refractivity contribution in [1.82, 2.24) is 10.3 Å². The van der Waals surface area contributed by atoms with Gasteiger partial charge in [0.1, 0.15) is 11.5 Å². The Morgan fingerprint density at radius 1 is 1.30 bits per heavy atom. The number of esters is 1. The summed E-state index contributed by atoms with van der Waals surface area (Å²) in [5.74, 6) is 0.323. The Labute approximate surface area is 156 Å². The number of ether oxygens (including phenoxy) is 1. The molecule has 0 spiro atoms. The van der Waals surface area contributed by atoms with Gasteiger partial charge in [-0.15, -0.1) is 6.58 Å². The Bertz CT molecular complexity index is 1010. The Hall–Kier alpha value is -3.41. The van der Waals surface area contributed by atoms with Gasteiger partial charge in [0.2, 0.25) is 0 Å². The van der Waals surface area contributed by atoms with Crippen molar-refractivity contribution >= 4 is 22.8 Å². The van der Waals surface area contributed by atoms with Gasteiger partial charge >= 0.3 is 5.97 Å². The van der Waals surface area contributed by atoms with Gasteiger partial charge in [-0.25, -0.2) is 9.78 Å². The number of amides is 1. The van der Waals surface area contributed by atoms with Crippen LogP contribution in [-0.2, 0) is 9.53 Å². The molecule has 0 fully saturated rings. The van der Waals surface area contributed by atoms with Crippen molar-refractivity contribution in [3.05, 3.63) is 66.4 Å². The van der Waals surface area contributed by atoms with Gasteiger partial charge < -0.3 is 14.5 Å². The van der Waals surface area contributed by atoms with Crippen molar-refractivity contribution in [1.29, 1.82) is 0 Å². The average Bonchev–Trinajstić information content (AvgIpc) is 3.11. The molecule has 1 aromatic carbocycles. The summed E-state index contributed by atoms with van der Waals surface area (Å²) < 4.78 is 11.0. The molecule has 3 aromatic rings. The summed E-state index contributed by atoms with van der Waals surface area (Å²) in [5.41, 5.74) is 1.49. The first-order chi connectivity index (χ1) is 13.0. The van der Waals surface area contributed by atoms with E-state index in [1.54, 1.807) is 24.3 Å². The monoisotopic (exact) mass is 364 g/mol. The van der Waals surface area contributed by atoms with Gasteiger partial charge in [-0.3, -0.25) is 4.79 Å². The van der Waals surface area contributed by atoms with E-state index in [9.17, 15) is 9.59 Å². The molecule has 0 unspecified atom stereocenters. The Morgan fingerprint density at radius 3 is 2.78 bits per heavy atom. The van der Waals surface area contributed by atoms with E-state index < -0.39 is 12.1 Å². The van der Waals surface area contributed by atoms with Crippen LogP contribution in [0.3, 0.4) is 0 Å². The number of pyridine rings is 1. The number of nitrogens with zero attached hydrogens (tertiary/aromatic N) is 1. The topological polar surface area (TPSA) is 81.4 Å². The third-order valence-corrected chi connectivity index (χ3v) is 4.00. The minimum Gasteiger partial charge on any atom is -0.460 e. The zero-order chi connectivity index (χ0) is 19.4. The predicted octanol–water partition coefficient (Wildman–Crippen LogP) is 3.65. The first kappa shape index (κ1) is 18.4. The fourth-order valence-electron chi connectivity index (χ4n) is 2.64. The minimum absolute atomic E-state index is 0.306. The molecular formula is C21H20N2O4. The Balaban J connectivity index is 1.95. The summed E-state index contributed by atoms with van der Waals surface area (Å²) in [7, 11) is 0. The van der Waals surface area contributed by atoms with Crippen LogP contribution in [0.1, 0.15) is 23.0 Å². The predicted molar refractivity (Wildman–Crippen MR) is 102 cm³/mol. The summed E-state index contributed by atoms with van der Waals surface area (Å²) in [4.78, 5) is 29.3. The van der Waals surface area contributed by atoms with Crippen molar-refractivity contribution in [2.75, 3.05) is 6.54 Å². The highest BCUT2D eigenvalue weighted by molar-refractivity contribution is 6.05. The van der Waals surface area contributed by atoms with E-state index >= 15 is 0 Å². The van der Waals surface area contributed by atoms with Gasteiger partial charge in [-0.1, -0.05) is 24.3 Å². The van der Waals surface area contributed by atoms with Crippen LogP contribution in [0.2, 0.25) is 0 Å². The zero-order valence-corrected chi connectivity index (χ0v) is 15.2. The number of hydrogen-bond donors (Lipinski definition) is 1. The normalized spacial score (nSPS) is 11.8. The van der Waals surface area contributed by atoms with E-state index in [0.717, 1.165) is 5.76 Å². The van der Waals surface area contributed by atoms with Crippen molar-refractivity contribution in [3.8, 4) is 11.5 Å². The summed E-state index contributed by atoms with van der Waals surface area (Å²) in [5, 5.41) is 3.25.